The van der Waals surface area contributed by atoms with E-state index in [1.807, 2.05) is 74.8 Å². The van der Waals surface area contributed by atoms with Gasteiger partial charge in [-0.2, -0.15) is 0 Å². The number of hydrogen-bond donors (Lipinski definition) is 2. The fraction of sp³-hybridized carbons (Fsp3) is 0.333. The van der Waals surface area contributed by atoms with E-state index in [2.05, 4.69) is 20.2 Å². The zero-order valence-electron chi connectivity index (χ0n) is 24.6. The van der Waals surface area contributed by atoms with Crippen LogP contribution in [0.5, 0.6) is 5.75 Å². The summed E-state index contributed by atoms with van der Waals surface area (Å²) in [6.07, 6.45) is 4.58. The third kappa shape index (κ3) is 8.23. The third-order valence-corrected chi connectivity index (χ3v) is 7.01. The van der Waals surface area contributed by atoms with Crippen LogP contribution >= 0.6 is 0 Å². The van der Waals surface area contributed by atoms with Gasteiger partial charge in [0, 0.05) is 47.7 Å². The van der Waals surface area contributed by atoms with Crippen molar-refractivity contribution in [3.63, 3.8) is 0 Å². The van der Waals surface area contributed by atoms with Gasteiger partial charge in [-0.3, -0.25) is 4.79 Å². The fourth-order valence-corrected chi connectivity index (χ4v) is 4.83. The number of rotatable bonds is 15. The van der Waals surface area contributed by atoms with Crippen molar-refractivity contribution in [1.82, 2.24) is 10.2 Å². The molecule has 1 aliphatic heterocycles. The molecule has 4 rings (SSSR count). The zero-order chi connectivity index (χ0) is 30.5. The van der Waals surface area contributed by atoms with Crippen molar-refractivity contribution in [1.29, 1.82) is 0 Å². The summed E-state index contributed by atoms with van der Waals surface area (Å²) in [6.45, 7) is 1.74. The van der Waals surface area contributed by atoms with Crippen LogP contribution in [0.25, 0.3) is 16.5 Å². The van der Waals surface area contributed by atoms with Crippen LogP contribution in [0.2, 0.25) is 0 Å². The maximum atomic E-state index is 14.2. The number of aliphatic hydroxyl groups is 1. The average molecular weight is 583 g/mol. The molecule has 0 aliphatic carbocycles. The molecule has 3 aromatic rings. The molecule has 0 bridgehead atoms. The summed E-state index contributed by atoms with van der Waals surface area (Å²) in [5, 5.41) is 16.0. The van der Waals surface area contributed by atoms with E-state index in [9.17, 15) is 10.3 Å². The normalized spacial score (nSPS) is 17.8. The Kier molecular flexibility index (Phi) is 11.3. The molecule has 0 aromatic heterocycles. The Balaban J connectivity index is 1.76. The van der Waals surface area contributed by atoms with E-state index in [1.54, 1.807) is 30.3 Å². The SMILES string of the molecule is CN(C)CCCNC(=O)[C@]1(C/C=C/c2ccccc2)N=C(c2ccc(OCCCO)cc2)O[C@@H]1c1ccccc1N=[N+]=[N-]. The van der Waals surface area contributed by atoms with E-state index in [-0.39, 0.29) is 18.9 Å². The quantitative estimate of drug-likeness (QED) is 0.101. The van der Waals surface area contributed by atoms with Crippen LogP contribution in [0.4, 0.5) is 5.69 Å². The first-order valence-electron chi connectivity index (χ1n) is 14.4. The number of aliphatic imine (C=N–C) groups is 1. The number of azide groups is 1. The van der Waals surface area contributed by atoms with Gasteiger partial charge in [0.2, 0.25) is 5.90 Å². The second-order valence-corrected chi connectivity index (χ2v) is 10.5. The first-order chi connectivity index (χ1) is 21.0. The Hall–Kier alpha value is -4.63. The van der Waals surface area contributed by atoms with E-state index in [4.69, 9.17) is 19.6 Å². The molecule has 1 aliphatic rings. The lowest BCUT2D eigenvalue weighted by Crippen LogP contribution is -2.48. The van der Waals surface area contributed by atoms with E-state index in [0.717, 1.165) is 18.5 Å². The molecule has 0 saturated carbocycles. The maximum Gasteiger partial charge on any atom is 0.252 e. The summed E-state index contributed by atoms with van der Waals surface area (Å²) < 4.78 is 12.2. The predicted molar refractivity (Wildman–Crippen MR) is 168 cm³/mol. The summed E-state index contributed by atoms with van der Waals surface area (Å²) in [4.78, 5) is 24.3. The topological polar surface area (TPSA) is 132 Å². The van der Waals surface area contributed by atoms with Crippen molar-refractivity contribution in [3.8, 4) is 5.75 Å². The fourth-order valence-electron chi connectivity index (χ4n) is 4.83. The Labute approximate surface area is 252 Å². The summed E-state index contributed by atoms with van der Waals surface area (Å²) >= 11 is 0. The molecule has 0 saturated heterocycles. The monoisotopic (exact) mass is 582 g/mol. The highest BCUT2D eigenvalue weighted by molar-refractivity contribution is 6.01. The number of amides is 1. The molecule has 10 heteroatoms. The van der Waals surface area contributed by atoms with Gasteiger partial charge >= 0.3 is 0 Å². The average Bonchev–Trinajstić information content (AvgIpc) is 3.41. The molecule has 1 amide bonds. The first kappa shape index (κ1) is 31.3. The van der Waals surface area contributed by atoms with Crippen molar-refractivity contribution in [3.05, 3.63) is 112 Å². The highest BCUT2D eigenvalue weighted by Gasteiger charge is 2.53. The molecular weight excluding hydrogens is 544 g/mol. The van der Waals surface area contributed by atoms with Gasteiger partial charge in [0.15, 0.2) is 11.6 Å². The smallest absolute Gasteiger partial charge is 0.252 e. The number of nitrogens with one attached hydrogen (secondary N) is 1. The lowest BCUT2D eigenvalue weighted by atomic mass is 9.83. The molecule has 43 heavy (non-hydrogen) atoms. The molecule has 224 valence electrons. The van der Waals surface area contributed by atoms with E-state index < -0.39 is 11.6 Å². The summed E-state index contributed by atoms with van der Waals surface area (Å²) in [5.74, 6) is 0.680. The largest absolute Gasteiger partial charge is 0.494 e. The van der Waals surface area contributed by atoms with E-state index in [0.29, 0.717) is 48.0 Å². The van der Waals surface area contributed by atoms with Crippen molar-refractivity contribution in [2.75, 3.05) is 40.4 Å². The lowest BCUT2D eigenvalue weighted by Gasteiger charge is -2.30. The molecule has 0 radical (unpaired) electrons. The number of aliphatic hydroxyl groups excluding tert-OH is 1. The minimum atomic E-state index is -1.38. The molecule has 0 spiro atoms. The maximum absolute atomic E-state index is 14.2. The lowest BCUT2D eigenvalue weighted by molar-refractivity contribution is -0.128. The van der Waals surface area contributed by atoms with Crippen molar-refractivity contribution < 1.29 is 19.4 Å². The second-order valence-electron chi connectivity index (χ2n) is 10.5. The van der Waals surface area contributed by atoms with Gasteiger partial charge in [0.1, 0.15) is 5.75 Å². The van der Waals surface area contributed by atoms with E-state index >= 15 is 0 Å². The van der Waals surface area contributed by atoms with E-state index in [1.165, 1.54) is 0 Å². The number of hydrogen-bond acceptors (Lipinski definition) is 7. The number of ether oxygens (including phenoxy) is 2. The van der Waals surface area contributed by atoms with Gasteiger partial charge in [-0.05, 0) is 62.4 Å². The van der Waals surface area contributed by atoms with Gasteiger partial charge in [-0.25, -0.2) is 4.99 Å². The molecule has 2 atom stereocenters. The molecule has 10 nitrogen and oxygen atoms in total. The van der Waals surface area contributed by atoms with Gasteiger partial charge in [-0.15, -0.1) is 0 Å². The molecule has 0 unspecified atom stereocenters. The second kappa shape index (κ2) is 15.6. The van der Waals surface area contributed by atoms with Crippen LogP contribution in [-0.4, -0.2) is 67.7 Å². The van der Waals surface area contributed by atoms with Crippen molar-refractivity contribution in [2.24, 2.45) is 10.1 Å². The van der Waals surface area contributed by atoms with Crippen LogP contribution in [0, 0.1) is 0 Å². The van der Waals surface area contributed by atoms with Gasteiger partial charge in [0.05, 0.1) is 6.61 Å². The standard InChI is InChI=1S/C33H38N6O4/c1-39(2)22-9-21-35-32(41)33(20-8-13-25-11-4-3-5-12-25)30(28-14-6-7-15-29(28)37-38-34)43-31(36-33)26-16-18-27(19-17-26)42-24-10-23-40/h3-8,11-19,30,40H,9-10,20-24H2,1-2H3,(H,35,41)/b13-8+/t30-,33-/m1/s1. The summed E-state index contributed by atoms with van der Waals surface area (Å²) in [5.41, 5.74) is 10.5. The number of carbonyl (C=O) groups excluding carboxylic acids is 1. The number of nitrogens with zero attached hydrogens (tertiary/aromatic N) is 5. The Morgan fingerprint density at radius 2 is 1.86 bits per heavy atom. The van der Waals surface area contributed by atoms with Gasteiger partial charge in [-0.1, -0.05) is 71.9 Å². The van der Waals surface area contributed by atoms with Crippen LogP contribution in [0.1, 0.15) is 42.1 Å². The Bertz CT molecular complexity index is 1450. The molecule has 3 aromatic carbocycles. The highest BCUT2D eigenvalue weighted by atomic mass is 16.5. The van der Waals surface area contributed by atoms with Crippen LogP contribution in [0.15, 0.2) is 95.0 Å². The van der Waals surface area contributed by atoms with Crippen LogP contribution < -0.4 is 10.1 Å². The van der Waals surface area contributed by atoms with Crippen LogP contribution in [-0.2, 0) is 9.53 Å². The summed E-state index contributed by atoms with van der Waals surface area (Å²) in [7, 11) is 3.98. The van der Waals surface area contributed by atoms with Gasteiger partial charge in [0.25, 0.3) is 5.91 Å². The minimum Gasteiger partial charge on any atom is -0.494 e. The molecule has 2 N–H and O–H groups in total. The zero-order valence-corrected chi connectivity index (χ0v) is 24.6. The number of carbonyl (C=O) groups is 1. The minimum absolute atomic E-state index is 0.0550. The molecule has 1 heterocycles. The van der Waals surface area contributed by atoms with Crippen molar-refractivity contribution in [2.45, 2.75) is 30.9 Å². The Morgan fingerprint density at radius 1 is 1.12 bits per heavy atom. The third-order valence-electron chi connectivity index (χ3n) is 7.01. The van der Waals surface area contributed by atoms with Crippen LogP contribution in [0.3, 0.4) is 0 Å². The first-order valence-corrected chi connectivity index (χ1v) is 14.4. The molecule has 0 fully saturated rings. The van der Waals surface area contributed by atoms with Crippen molar-refractivity contribution >= 4 is 23.6 Å². The molecular formula is C33H38N6O4. The predicted octanol–water partition coefficient (Wildman–Crippen LogP) is 5.82. The summed E-state index contributed by atoms with van der Waals surface area (Å²) in [6, 6.07) is 24.2. The van der Waals surface area contributed by atoms with Gasteiger partial charge < -0.3 is 24.8 Å². The Morgan fingerprint density at radius 3 is 2.58 bits per heavy atom. The number of benzene rings is 3. The highest BCUT2D eigenvalue weighted by Crippen LogP contribution is 2.45.